The van der Waals surface area contributed by atoms with E-state index in [2.05, 4.69) is 29.4 Å². The Morgan fingerprint density at radius 3 is 2.81 bits per heavy atom. The number of aromatic nitrogens is 4. The topological polar surface area (TPSA) is 69.6 Å². The first kappa shape index (κ1) is 15.4. The number of halogens is 1. The Labute approximate surface area is 124 Å². The molecule has 1 aromatic heterocycles. The van der Waals surface area contributed by atoms with Crippen LogP contribution >= 0.6 is 0 Å². The third-order valence-electron chi connectivity index (χ3n) is 3.64. The second-order valence-corrected chi connectivity index (χ2v) is 5.38. The van der Waals surface area contributed by atoms with Gasteiger partial charge in [0.1, 0.15) is 5.82 Å². The van der Waals surface area contributed by atoms with Crippen molar-refractivity contribution in [1.82, 2.24) is 20.2 Å². The summed E-state index contributed by atoms with van der Waals surface area (Å²) in [5.74, 6) is 0.235. The normalized spacial score (nSPS) is 12.5. The van der Waals surface area contributed by atoms with Gasteiger partial charge in [-0.25, -0.2) is 9.07 Å². The van der Waals surface area contributed by atoms with E-state index in [9.17, 15) is 4.39 Å². The molecule has 0 aliphatic rings. The van der Waals surface area contributed by atoms with E-state index >= 15 is 0 Å². The highest BCUT2D eigenvalue weighted by atomic mass is 19.1. The Morgan fingerprint density at radius 1 is 1.29 bits per heavy atom. The van der Waals surface area contributed by atoms with Gasteiger partial charge in [0.15, 0.2) is 5.82 Å². The van der Waals surface area contributed by atoms with Gasteiger partial charge in [-0.3, -0.25) is 0 Å². The first-order chi connectivity index (χ1) is 10.1. The molecule has 0 radical (unpaired) electrons. The van der Waals surface area contributed by atoms with Crippen molar-refractivity contribution in [3.05, 3.63) is 24.0 Å². The van der Waals surface area contributed by atoms with Crippen LogP contribution in [0.4, 0.5) is 10.1 Å². The van der Waals surface area contributed by atoms with Crippen molar-refractivity contribution in [2.75, 3.05) is 5.73 Å². The van der Waals surface area contributed by atoms with Gasteiger partial charge in [0.25, 0.3) is 0 Å². The molecule has 0 spiro atoms. The summed E-state index contributed by atoms with van der Waals surface area (Å²) in [6.45, 7) is 4.28. The highest BCUT2D eigenvalue weighted by Crippen LogP contribution is 2.27. The second kappa shape index (κ2) is 7.15. The molecule has 0 aliphatic heterocycles. The van der Waals surface area contributed by atoms with Crippen molar-refractivity contribution in [1.29, 1.82) is 0 Å². The van der Waals surface area contributed by atoms with Gasteiger partial charge in [0.2, 0.25) is 0 Å². The van der Waals surface area contributed by atoms with Gasteiger partial charge in [-0.05, 0) is 42.0 Å². The molecule has 0 saturated carbocycles. The van der Waals surface area contributed by atoms with Gasteiger partial charge >= 0.3 is 0 Å². The summed E-state index contributed by atoms with van der Waals surface area (Å²) >= 11 is 0. The fourth-order valence-electron chi connectivity index (χ4n) is 2.39. The average Bonchev–Trinajstić information content (AvgIpc) is 2.92. The second-order valence-electron chi connectivity index (χ2n) is 5.38. The molecule has 114 valence electrons. The van der Waals surface area contributed by atoms with Crippen molar-refractivity contribution in [3.8, 4) is 11.4 Å². The molecule has 1 aromatic carbocycles. The molecule has 0 fully saturated rings. The molecular formula is C15H22FN5. The Kier molecular flexibility index (Phi) is 5.25. The Bertz CT molecular complexity index is 581. The fraction of sp³-hybridized carbons (Fsp3) is 0.533. The van der Waals surface area contributed by atoms with E-state index in [0.29, 0.717) is 17.1 Å². The number of hydrogen-bond acceptors (Lipinski definition) is 4. The zero-order valence-corrected chi connectivity index (χ0v) is 12.6. The van der Waals surface area contributed by atoms with Crippen LogP contribution in [0.15, 0.2) is 18.2 Å². The van der Waals surface area contributed by atoms with Gasteiger partial charge in [-0.15, -0.1) is 5.10 Å². The number of nitrogens with two attached hydrogens (primary N) is 1. The summed E-state index contributed by atoms with van der Waals surface area (Å²) in [6, 6.07) is 4.48. The number of benzene rings is 1. The van der Waals surface area contributed by atoms with Crippen LogP contribution in [0.2, 0.25) is 0 Å². The van der Waals surface area contributed by atoms with Gasteiger partial charge < -0.3 is 5.73 Å². The van der Waals surface area contributed by atoms with Crippen molar-refractivity contribution in [3.63, 3.8) is 0 Å². The number of tetrazole rings is 1. The molecule has 1 atom stereocenters. The van der Waals surface area contributed by atoms with E-state index in [1.807, 2.05) is 0 Å². The molecule has 2 rings (SSSR count). The predicted molar refractivity (Wildman–Crippen MR) is 81.1 cm³/mol. The van der Waals surface area contributed by atoms with Crippen LogP contribution in [0, 0.1) is 5.82 Å². The Hall–Kier alpha value is -1.98. The summed E-state index contributed by atoms with van der Waals surface area (Å²) in [7, 11) is 0. The number of hydrogen-bond donors (Lipinski definition) is 1. The zero-order chi connectivity index (χ0) is 15.2. The maximum atomic E-state index is 13.1. The van der Waals surface area contributed by atoms with E-state index in [-0.39, 0.29) is 11.9 Å². The molecule has 0 bridgehead atoms. The Morgan fingerprint density at radius 2 is 2.10 bits per heavy atom. The number of nitrogens with zero attached hydrogens (tertiary/aromatic N) is 4. The first-order valence-electron chi connectivity index (χ1n) is 7.46. The van der Waals surface area contributed by atoms with Crippen LogP contribution in [0.3, 0.4) is 0 Å². The zero-order valence-electron chi connectivity index (χ0n) is 12.6. The molecule has 1 unspecified atom stereocenters. The summed E-state index contributed by atoms with van der Waals surface area (Å²) < 4.78 is 14.9. The summed E-state index contributed by atoms with van der Waals surface area (Å²) in [5.41, 5.74) is 6.89. The number of unbranched alkanes of at least 4 members (excludes halogenated alkanes) is 3. The van der Waals surface area contributed by atoms with Crippen molar-refractivity contribution in [2.24, 2.45) is 0 Å². The summed E-state index contributed by atoms with van der Waals surface area (Å²) in [6.07, 6.45) is 5.85. The lowest BCUT2D eigenvalue weighted by atomic mass is 10.1. The Balaban J connectivity index is 2.14. The minimum absolute atomic E-state index is 0.191. The van der Waals surface area contributed by atoms with Gasteiger partial charge in [-0.1, -0.05) is 32.6 Å². The summed E-state index contributed by atoms with van der Waals surface area (Å²) in [4.78, 5) is 0. The largest absolute Gasteiger partial charge is 0.398 e. The molecule has 5 nitrogen and oxygen atoms in total. The van der Waals surface area contributed by atoms with E-state index in [1.54, 1.807) is 10.7 Å². The maximum absolute atomic E-state index is 13.1. The van der Waals surface area contributed by atoms with E-state index in [0.717, 1.165) is 12.8 Å². The van der Waals surface area contributed by atoms with Crippen LogP contribution in [0.5, 0.6) is 0 Å². The van der Waals surface area contributed by atoms with Crippen LogP contribution < -0.4 is 5.73 Å². The lowest BCUT2D eigenvalue weighted by Gasteiger charge is -2.14. The lowest BCUT2D eigenvalue weighted by molar-refractivity contribution is 0.430. The van der Waals surface area contributed by atoms with Gasteiger partial charge in [-0.2, -0.15) is 0 Å². The molecule has 2 aromatic rings. The highest BCUT2D eigenvalue weighted by Gasteiger charge is 2.16. The summed E-state index contributed by atoms with van der Waals surface area (Å²) in [5, 5.41) is 11.8. The fourth-order valence-corrected chi connectivity index (χ4v) is 2.39. The molecule has 21 heavy (non-hydrogen) atoms. The number of nitrogen functional groups attached to an aromatic ring is 1. The lowest BCUT2D eigenvalue weighted by Crippen LogP contribution is -2.10. The molecule has 0 saturated heterocycles. The molecule has 2 N–H and O–H groups in total. The maximum Gasteiger partial charge on any atom is 0.184 e. The van der Waals surface area contributed by atoms with Crippen LogP contribution in [0.1, 0.15) is 52.0 Å². The number of anilines is 1. The van der Waals surface area contributed by atoms with E-state index in [1.165, 1.54) is 31.4 Å². The monoisotopic (exact) mass is 291 g/mol. The molecule has 0 aliphatic carbocycles. The molecular weight excluding hydrogens is 269 g/mol. The van der Waals surface area contributed by atoms with Crippen molar-refractivity contribution < 1.29 is 4.39 Å². The van der Waals surface area contributed by atoms with E-state index < -0.39 is 0 Å². The molecule has 0 amide bonds. The quantitative estimate of drug-likeness (QED) is 0.625. The standard InChI is InChI=1S/C15H22FN5/c1-3-4-5-6-7-11(2)21-15(18-19-20-21)13-9-8-12(16)10-14(13)17/h8-11H,3-7,17H2,1-2H3. The molecule has 1 heterocycles. The first-order valence-corrected chi connectivity index (χ1v) is 7.46. The van der Waals surface area contributed by atoms with Gasteiger partial charge in [0.05, 0.1) is 6.04 Å². The predicted octanol–water partition coefficient (Wildman–Crippen LogP) is 3.59. The van der Waals surface area contributed by atoms with Crippen LogP contribution in [-0.2, 0) is 0 Å². The van der Waals surface area contributed by atoms with Gasteiger partial charge in [0, 0.05) is 11.3 Å². The third kappa shape index (κ3) is 3.77. The van der Waals surface area contributed by atoms with Crippen molar-refractivity contribution >= 4 is 5.69 Å². The van der Waals surface area contributed by atoms with Crippen LogP contribution in [-0.4, -0.2) is 20.2 Å². The molecule has 6 heteroatoms. The number of rotatable bonds is 7. The third-order valence-corrected chi connectivity index (χ3v) is 3.64. The highest BCUT2D eigenvalue weighted by molar-refractivity contribution is 5.71. The van der Waals surface area contributed by atoms with Crippen molar-refractivity contribution in [2.45, 2.75) is 52.0 Å². The smallest absolute Gasteiger partial charge is 0.184 e. The SMILES string of the molecule is CCCCCCC(C)n1nnnc1-c1ccc(F)cc1N. The minimum Gasteiger partial charge on any atom is -0.398 e. The average molecular weight is 291 g/mol. The van der Waals surface area contributed by atoms with E-state index in [4.69, 9.17) is 5.73 Å². The minimum atomic E-state index is -0.358. The van der Waals surface area contributed by atoms with Crippen LogP contribution in [0.25, 0.3) is 11.4 Å².